The number of morpholine rings is 1. The molecule has 0 N–H and O–H groups in total. The maximum Gasteiger partial charge on any atom is 0.329 e. The van der Waals surface area contributed by atoms with Crippen molar-refractivity contribution in [2.24, 2.45) is 5.92 Å². The van der Waals surface area contributed by atoms with E-state index >= 15 is 0 Å². The molecule has 0 radical (unpaired) electrons. The highest BCUT2D eigenvalue weighted by molar-refractivity contribution is 7.88. The second-order valence-corrected chi connectivity index (χ2v) is 7.72. The van der Waals surface area contributed by atoms with E-state index in [2.05, 4.69) is 0 Å². The fourth-order valence-electron chi connectivity index (χ4n) is 3.26. The van der Waals surface area contributed by atoms with Crippen LogP contribution in [0.4, 0.5) is 0 Å². The molecule has 3 rings (SSSR count). The van der Waals surface area contributed by atoms with E-state index < -0.39 is 16.1 Å². The third kappa shape index (κ3) is 2.31. The second-order valence-electron chi connectivity index (χ2n) is 5.74. The van der Waals surface area contributed by atoms with Gasteiger partial charge in [0.2, 0.25) is 15.9 Å². The number of carbonyl (C=O) groups is 2. The summed E-state index contributed by atoms with van der Waals surface area (Å²) in [6.45, 7) is 1.24. The summed E-state index contributed by atoms with van der Waals surface area (Å²) in [6, 6.07) is -0.416. The summed E-state index contributed by atoms with van der Waals surface area (Å²) in [5.41, 5.74) is 0. The molecule has 8 heteroatoms. The first-order chi connectivity index (χ1) is 9.36. The number of carbonyl (C=O) groups excluding carboxylic acids is 2. The smallest absolute Gasteiger partial charge is 0.329 e. The third-order valence-corrected chi connectivity index (χ3v) is 5.68. The number of amides is 1. The maximum absolute atomic E-state index is 12.4. The molecule has 7 nitrogen and oxygen atoms in total. The van der Waals surface area contributed by atoms with Crippen LogP contribution in [0.1, 0.15) is 19.3 Å². The second kappa shape index (κ2) is 4.70. The number of likely N-dealkylation sites (tertiary alicyclic amines) is 1. The Kier molecular flexibility index (Phi) is 3.24. The summed E-state index contributed by atoms with van der Waals surface area (Å²) >= 11 is 0. The summed E-state index contributed by atoms with van der Waals surface area (Å²) in [7, 11) is -3.18. The van der Waals surface area contributed by atoms with E-state index in [9.17, 15) is 18.0 Å². The molecule has 3 aliphatic rings. The first-order valence-electron chi connectivity index (χ1n) is 6.82. The van der Waals surface area contributed by atoms with Gasteiger partial charge in [-0.3, -0.25) is 4.79 Å². The first kappa shape index (κ1) is 13.8. The molecule has 112 valence electrons. The van der Waals surface area contributed by atoms with Crippen molar-refractivity contribution in [2.45, 2.75) is 31.4 Å². The number of piperidine rings is 1. The Balaban J connectivity index is 1.62. The quantitative estimate of drug-likeness (QED) is 0.623. The Labute approximate surface area is 117 Å². The molecule has 1 amide bonds. The van der Waals surface area contributed by atoms with Crippen LogP contribution in [-0.2, 0) is 24.3 Å². The monoisotopic (exact) mass is 302 g/mol. The lowest BCUT2D eigenvalue weighted by Crippen LogP contribution is -2.49. The van der Waals surface area contributed by atoms with Crippen LogP contribution < -0.4 is 0 Å². The van der Waals surface area contributed by atoms with Crippen LogP contribution in [0.5, 0.6) is 0 Å². The van der Waals surface area contributed by atoms with E-state index in [-0.39, 0.29) is 23.9 Å². The van der Waals surface area contributed by atoms with E-state index in [1.165, 1.54) is 10.6 Å². The molecule has 0 unspecified atom stereocenters. The van der Waals surface area contributed by atoms with E-state index in [1.54, 1.807) is 4.90 Å². The minimum Gasteiger partial charge on any atom is -0.459 e. The number of nitrogens with zero attached hydrogens (tertiary/aromatic N) is 2. The molecule has 3 fully saturated rings. The molecule has 2 bridgehead atoms. The Morgan fingerprint density at radius 1 is 1.30 bits per heavy atom. The van der Waals surface area contributed by atoms with Crippen LogP contribution in [0.3, 0.4) is 0 Å². The van der Waals surface area contributed by atoms with Crippen molar-refractivity contribution in [1.82, 2.24) is 9.21 Å². The zero-order chi connectivity index (χ0) is 14.5. The van der Waals surface area contributed by atoms with Gasteiger partial charge < -0.3 is 9.64 Å². The number of fused-ring (bicyclic) bond motifs is 2. The van der Waals surface area contributed by atoms with Crippen molar-refractivity contribution < 1.29 is 22.7 Å². The van der Waals surface area contributed by atoms with Crippen molar-refractivity contribution >= 4 is 21.9 Å². The van der Waals surface area contributed by atoms with Gasteiger partial charge in [0.25, 0.3) is 0 Å². The molecule has 3 heterocycles. The molecule has 20 heavy (non-hydrogen) atoms. The molecule has 0 saturated carbocycles. The third-order valence-electron chi connectivity index (χ3n) is 4.37. The lowest BCUT2D eigenvalue weighted by molar-refractivity contribution is -0.159. The molecule has 3 aliphatic heterocycles. The van der Waals surface area contributed by atoms with Crippen LogP contribution in [0.25, 0.3) is 0 Å². The van der Waals surface area contributed by atoms with Crippen LogP contribution in [0, 0.1) is 5.92 Å². The molecule has 2 atom stereocenters. The standard InChI is InChI=1S/C12H18N2O5S/c1-20(17,18)13-4-2-8(3-5-13)11(15)14-7-9-6-10(14)12(16)19-9/h8-10H,2-7H2,1H3/t9-,10-/m1/s1. The van der Waals surface area contributed by atoms with Gasteiger partial charge in [-0.05, 0) is 12.8 Å². The SMILES string of the molecule is CS(=O)(=O)N1CCC(C(=O)N2C[C@H]3C[C@@H]2C(=O)O3)CC1. The number of rotatable bonds is 2. The Morgan fingerprint density at radius 3 is 2.45 bits per heavy atom. The molecule has 0 aromatic carbocycles. The zero-order valence-electron chi connectivity index (χ0n) is 11.3. The summed E-state index contributed by atoms with van der Waals surface area (Å²) in [4.78, 5) is 25.6. The van der Waals surface area contributed by atoms with Crippen LogP contribution in [0.15, 0.2) is 0 Å². The van der Waals surface area contributed by atoms with Crippen molar-refractivity contribution in [1.29, 1.82) is 0 Å². The lowest BCUT2D eigenvalue weighted by Gasteiger charge is -2.34. The molecule has 0 aromatic heterocycles. The van der Waals surface area contributed by atoms with Gasteiger partial charge in [-0.1, -0.05) is 0 Å². The Morgan fingerprint density at radius 2 is 1.95 bits per heavy atom. The van der Waals surface area contributed by atoms with Crippen LogP contribution in [-0.4, -0.2) is 67.5 Å². The number of hydrogen-bond acceptors (Lipinski definition) is 5. The lowest BCUT2D eigenvalue weighted by atomic mass is 9.96. The topological polar surface area (TPSA) is 84.0 Å². The highest BCUT2D eigenvalue weighted by atomic mass is 32.2. The maximum atomic E-state index is 12.4. The predicted octanol–water partition coefficient (Wildman–Crippen LogP) is -0.816. The van der Waals surface area contributed by atoms with Gasteiger partial charge >= 0.3 is 5.97 Å². The summed E-state index contributed by atoms with van der Waals surface area (Å²) in [5.74, 6) is -0.509. The molecule has 3 saturated heterocycles. The minimum atomic E-state index is -3.18. The van der Waals surface area contributed by atoms with Crippen LogP contribution in [0.2, 0.25) is 0 Å². The molecule has 0 aromatic rings. The normalized spacial score (nSPS) is 31.6. The van der Waals surface area contributed by atoms with E-state index in [0.717, 1.165) is 0 Å². The van der Waals surface area contributed by atoms with Gasteiger partial charge in [-0.15, -0.1) is 0 Å². The first-order valence-corrected chi connectivity index (χ1v) is 8.67. The average Bonchev–Trinajstić information content (AvgIpc) is 2.96. The van der Waals surface area contributed by atoms with E-state index in [1.807, 2.05) is 0 Å². The number of hydrogen-bond donors (Lipinski definition) is 0. The van der Waals surface area contributed by atoms with Gasteiger partial charge in [-0.2, -0.15) is 0 Å². The van der Waals surface area contributed by atoms with Gasteiger partial charge in [0.15, 0.2) is 0 Å². The minimum absolute atomic E-state index is 0.0256. The van der Waals surface area contributed by atoms with Gasteiger partial charge in [0, 0.05) is 25.4 Å². The number of sulfonamides is 1. The summed E-state index contributed by atoms with van der Waals surface area (Å²) in [6.07, 6.45) is 2.69. The fourth-order valence-corrected chi connectivity index (χ4v) is 4.14. The Hall–Kier alpha value is -1.15. The van der Waals surface area contributed by atoms with E-state index in [0.29, 0.717) is 38.9 Å². The van der Waals surface area contributed by atoms with Crippen molar-refractivity contribution in [3.63, 3.8) is 0 Å². The molecular formula is C12H18N2O5S. The summed E-state index contributed by atoms with van der Waals surface area (Å²) in [5, 5.41) is 0. The predicted molar refractivity (Wildman–Crippen MR) is 69.1 cm³/mol. The highest BCUT2D eigenvalue weighted by Gasteiger charge is 2.49. The fraction of sp³-hybridized carbons (Fsp3) is 0.833. The Bertz CT molecular complexity index is 538. The van der Waals surface area contributed by atoms with Gasteiger partial charge in [0.1, 0.15) is 12.1 Å². The largest absolute Gasteiger partial charge is 0.459 e. The van der Waals surface area contributed by atoms with Crippen LogP contribution >= 0.6 is 0 Å². The molecular weight excluding hydrogens is 284 g/mol. The molecule has 0 aliphatic carbocycles. The average molecular weight is 302 g/mol. The van der Waals surface area contributed by atoms with Crippen molar-refractivity contribution in [3.05, 3.63) is 0 Å². The van der Waals surface area contributed by atoms with Crippen molar-refractivity contribution in [2.75, 3.05) is 25.9 Å². The van der Waals surface area contributed by atoms with Gasteiger partial charge in [0.05, 0.1) is 12.8 Å². The number of esters is 1. The molecule has 0 spiro atoms. The number of ether oxygens (including phenoxy) is 1. The van der Waals surface area contributed by atoms with E-state index in [4.69, 9.17) is 4.74 Å². The summed E-state index contributed by atoms with van der Waals surface area (Å²) < 4.78 is 29.3. The van der Waals surface area contributed by atoms with Gasteiger partial charge in [-0.25, -0.2) is 17.5 Å². The zero-order valence-corrected chi connectivity index (χ0v) is 12.1. The highest BCUT2D eigenvalue weighted by Crippen LogP contribution is 2.32. The van der Waals surface area contributed by atoms with Crippen molar-refractivity contribution in [3.8, 4) is 0 Å².